The van der Waals surface area contributed by atoms with E-state index in [1.807, 2.05) is 13.8 Å². The topological polar surface area (TPSA) is 20.3 Å². The molecule has 0 aliphatic carbocycles. The predicted octanol–water partition coefficient (Wildman–Crippen LogP) is 2.55. The van der Waals surface area contributed by atoms with Crippen LogP contribution in [0.25, 0.3) is 0 Å². The van der Waals surface area contributed by atoms with E-state index in [1.165, 1.54) is 11.1 Å². The third kappa shape index (κ3) is 2.03. The van der Waals surface area contributed by atoms with Crippen molar-refractivity contribution in [1.82, 2.24) is 4.90 Å². The van der Waals surface area contributed by atoms with Gasteiger partial charge in [0.1, 0.15) is 0 Å². The second-order valence-corrected chi connectivity index (χ2v) is 5.14. The van der Waals surface area contributed by atoms with Crippen molar-refractivity contribution in [2.75, 3.05) is 6.54 Å². The summed E-state index contributed by atoms with van der Waals surface area (Å²) in [5.74, 6) is 0.361. The van der Waals surface area contributed by atoms with Crippen LogP contribution >= 0.6 is 0 Å². The maximum absolute atomic E-state index is 11.7. The van der Waals surface area contributed by atoms with E-state index in [9.17, 15) is 4.79 Å². The molecule has 0 saturated carbocycles. The third-order valence-electron chi connectivity index (χ3n) is 3.58. The number of likely N-dealkylation sites (tertiary alicyclic amines) is 1. The second kappa shape index (κ2) is 4.02. The summed E-state index contributed by atoms with van der Waals surface area (Å²) in [7, 11) is 0. The zero-order chi connectivity index (χ0) is 11.8. The van der Waals surface area contributed by atoms with E-state index in [0.29, 0.717) is 12.2 Å². The Labute approximate surface area is 97.3 Å². The van der Waals surface area contributed by atoms with Gasteiger partial charge in [0.25, 0.3) is 0 Å². The van der Waals surface area contributed by atoms with Crippen molar-refractivity contribution < 1.29 is 4.79 Å². The molecular weight excluding hydrogens is 198 g/mol. The van der Waals surface area contributed by atoms with Gasteiger partial charge in [-0.3, -0.25) is 9.69 Å². The van der Waals surface area contributed by atoms with Crippen molar-refractivity contribution in [1.29, 1.82) is 0 Å². The van der Waals surface area contributed by atoms with Crippen LogP contribution in [0.15, 0.2) is 24.3 Å². The Morgan fingerprint density at radius 1 is 1.25 bits per heavy atom. The number of carbonyl (C=O) groups is 1. The molecule has 86 valence electrons. The van der Waals surface area contributed by atoms with Crippen LogP contribution in [0.3, 0.4) is 0 Å². The summed E-state index contributed by atoms with van der Waals surface area (Å²) >= 11 is 0. The summed E-state index contributed by atoms with van der Waals surface area (Å²) < 4.78 is 0. The first-order valence-corrected chi connectivity index (χ1v) is 5.84. The van der Waals surface area contributed by atoms with E-state index in [4.69, 9.17) is 0 Å². The average molecular weight is 217 g/mol. The molecule has 2 nitrogen and oxygen atoms in total. The molecule has 1 fully saturated rings. The largest absolute Gasteiger partial charge is 0.298 e. The van der Waals surface area contributed by atoms with Crippen molar-refractivity contribution in [2.24, 2.45) is 0 Å². The molecule has 1 heterocycles. The van der Waals surface area contributed by atoms with Gasteiger partial charge in [-0.05, 0) is 26.3 Å². The first-order valence-electron chi connectivity index (χ1n) is 5.84. The highest BCUT2D eigenvalue weighted by Gasteiger charge is 2.39. The molecule has 0 amide bonds. The van der Waals surface area contributed by atoms with Crippen LogP contribution in [-0.4, -0.2) is 22.8 Å². The molecule has 16 heavy (non-hydrogen) atoms. The lowest BCUT2D eigenvalue weighted by Crippen LogP contribution is -2.42. The number of benzene rings is 1. The van der Waals surface area contributed by atoms with Gasteiger partial charge in [-0.25, -0.2) is 0 Å². The highest BCUT2D eigenvalue weighted by Crippen LogP contribution is 2.26. The lowest BCUT2D eigenvalue weighted by molar-refractivity contribution is -0.123. The van der Waals surface area contributed by atoms with Crippen LogP contribution in [0.5, 0.6) is 0 Å². The van der Waals surface area contributed by atoms with E-state index in [2.05, 4.69) is 36.1 Å². The monoisotopic (exact) mass is 217 g/mol. The number of aryl methyl sites for hydroxylation is 1. The average Bonchev–Trinajstić information content (AvgIpc) is 2.48. The molecule has 0 aromatic heterocycles. The van der Waals surface area contributed by atoms with Gasteiger partial charge in [0.2, 0.25) is 0 Å². The molecule has 0 spiro atoms. The minimum absolute atomic E-state index is 0.287. The number of nitrogens with zero attached hydrogens (tertiary/aromatic N) is 1. The standard InChI is InChI=1S/C14H19NO/c1-11-4-6-12(7-5-11)10-15-9-8-13(16)14(15,2)3/h4-7H,8-10H2,1-3H3. The number of ketones is 1. The van der Waals surface area contributed by atoms with Gasteiger partial charge < -0.3 is 0 Å². The molecule has 2 heteroatoms. The van der Waals surface area contributed by atoms with E-state index >= 15 is 0 Å². The Kier molecular flexibility index (Phi) is 2.85. The number of hydrogen-bond acceptors (Lipinski definition) is 2. The molecule has 0 bridgehead atoms. The first-order chi connectivity index (χ1) is 7.50. The minimum atomic E-state index is -0.287. The maximum atomic E-state index is 11.7. The summed E-state index contributed by atoms with van der Waals surface area (Å²) in [5.41, 5.74) is 2.28. The molecule has 0 radical (unpaired) electrons. The maximum Gasteiger partial charge on any atom is 0.153 e. The highest BCUT2D eigenvalue weighted by molar-refractivity contribution is 5.89. The van der Waals surface area contributed by atoms with E-state index in [1.54, 1.807) is 0 Å². The second-order valence-electron chi connectivity index (χ2n) is 5.14. The van der Waals surface area contributed by atoms with Gasteiger partial charge in [-0.1, -0.05) is 29.8 Å². The molecule has 0 atom stereocenters. The van der Waals surface area contributed by atoms with Crippen LogP contribution in [0.1, 0.15) is 31.4 Å². The summed E-state index contributed by atoms with van der Waals surface area (Å²) in [4.78, 5) is 14.0. The molecule has 1 aliphatic heterocycles. The summed E-state index contributed by atoms with van der Waals surface area (Å²) in [6.45, 7) is 7.90. The fraction of sp³-hybridized carbons (Fsp3) is 0.500. The van der Waals surface area contributed by atoms with Crippen molar-refractivity contribution >= 4 is 5.78 Å². The molecule has 1 saturated heterocycles. The molecule has 2 rings (SSSR count). The number of Topliss-reactive ketones (excluding diaryl/α,β-unsaturated/α-hetero) is 1. The van der Waals surface area contributed by atoms with Crippen molar-refractivity contribution in [3.05, 3.63) is 35.4 Å². The fourth-order valence-corrected chi connectivity index (χ4v) is 2.19. The normalized spacial score (nSPS) is 20.3. The van der Waals surface area contributed by atoms with Crippen LogP contribution in [0.2, 0.25) is 0 Å². The van der Waals surface area contributed by atoms with Crippen LogP contribution in [0, 0.1) is 6.92 Å². The third-order valence-corrected chi connectivity index (χ3v) is 3.58. The van der Waals surface area contributed by atoms with Crippen LogP contribution in [0.4, 0.5) is 0 Å². The lowest BCUT2D eigenvalue weighted by Gasteiger charge is -2.29. The molecule has 0 N–H and O–H groups in total. The Balaban J connectivity index is 2.11. The zero-order valence-corrected chi connectivity index (χ0v) is 10.3. The van der Waals surface area contributed by atoms with Crippen LogP contribution < -0.4 is 0 Å². The van der Waals surface area contributed by atoms with Crippen molar-refractivity contribution in [3.63, 3.8) is 0 Å². The quantitative estimate of drug-likeness (QED) is 0.758. The van der Waals surface area contributed by atoms with Gasteiger partial charge in [-0.15, -0.1) is 0 Å². The van der Waals surface area contributed by atoms with Gasteiger partial charge >= 0.3 is 0 Å². The number of rotatable bonds is 2. The molecule has 0 unspecified atom stereocenters. The molecule has 1 aliphatic rings. The smallest absolute Gasteiger partial charge is 0.153 e. The first kappa shape index (κ1) is 11.3. The SMILES string of the molecule is Cc1ccc(CN2CCC(=O)C2(C)C)cc1. The minimum Gasteiger partial charge on any atom is -0.298 e. The molecule has 1 aromatic carbocycles. The number of hydrogen-bond donors (Lipinski definition) is 0. The van der Waals surface area contributed by atoms with E-state index in [0.717, 1.165) is 13.1 Å². The Morgan fingerprint density at radius 2 is 1.88 bits per heavy atom. The summed E-state index contributed by atoms with van der Waals surface area (Å²) in [6.07, 6.45) is 0.693. The lowest BCUT2D eigenvalue weighted by atomic mass is 10.00. The van der Waals surface area contributed by atoms with E-state index < -0.39 is 0 Å². The van der Waals surface area contributed by atoms with Gasteiger partial charge in [-0.2, -0.15) is 0 Å². The highest BCUT2D eigenvalue weighted by atomic mass is 16.1. The number of carbonyl (C=O) groups excluding carboxylic acids is 1. The van der Waals surface area contributed by atoms with E-state index in [-0.39, 0.29) is 5.54 Å². The van der Waals surface area contributed by atoms with Crippen LogP contribution in [-0.2, 0) is 11.3 Å². The summed E-state index contributed by atoms with van der Waals surface area (Å²) in [5, 5.41) is 0. The predicted molar refractivity (Wildman–Crippen MR) is 65.3 cm³/mol. The van der Waals surface area contributed by atoms with Gasteiger partial charge in [0, 0.05) is 19.5 Å². The molecular formula is C14H19NO. The Hall–Kier alpha value is -1.15. The summed E-state index contributed by atoms with van der Waals surface area (Å²) in [6, 6.07) is 8.54. The Bertz CT molecular complexity index is 392. The zero-order valence-electron chi connectivity index (χ0n) is 10.3. The van der Waals surface area contributed by atoms with Gasteiger partial charge in [0.05, 0.1) is 5.54 Å². The van der Waals surface area contributed by atoms with Crippen molar-refractivity contribution in [2.45, 2.75) is 39.3 Å². The fourth-order valence-electron chi connectivity index (χ4n) is 2.19. The Morgan fingerprint density at radius 3 is 2.38 bits per heavy atom. The van der Waals surface area contributed by atoms with Crippen molar-refractivity contribution in [3.8, 4) is 0 Å². The molecule has 1 aromatic rings. The van der Waals surface area contributed by atoms with Gasteiger partial charge in [0.15, 0.2) is 5.78 Å².